The fraction of sp³-hybridized carbons (Fsp3) is 0.417. The molecular weight excluding hydrogens is 461 g/mol. The number of carbonyl (C=O) groups is 1. The van der Waals surface area contributed by atoms with Crippen LogP contribution in [0, 0.1) is 23.6 Å². The average Bonchev–Trinajstić information content (AvgIpc) is 2.79. The van der Waals surface area contributed by atoms with Crippen molar-refractivity contribution in [3.05, 3.63) is 59.0 Å². The fourth-order valence-corrected chi connectivity index (χ4v) is 3.90. The summed E-state index contributed by atoms with van der Waals surface area (Å²) >= 11 is 0. The van der Waals surface area contributed by atoms with Gasteiger partial charge in [0.15, 0.2) is 0 Å². The number of ether oxygens (including phenoxy) is 1. The molecule has 2 aromatic rings. The van der Waals surface area contributed by atoms with E-state index in [-0.39, 0.29) is 48.5 Å². The molecule has 3 atom stereocenters. The zero-order valence-corrected chi connectivity index (χ0v) is 20.3. The molecule has 8 nitrogen and oxygen atoms in total. The standard InChI is InChI=1S/C24H28FN3O5S/c1-16-13-28(17(2)15-29)24(30)20-11-18(9-10-19-7-5-6-8-21(19)25)12-26-23(20)33-22(16)14-27(3)34(4,31)32/h5-8,11-12,16-17,22,29H,13-15H2,1-4H3/t16-,17-,22-/m0/s1. The van der Waals surface area contributed by atoms with Gasteiger partial charge in [-0.25, -0.2) is 22.1 Å². The minimum absolute atomic E-state index is 0.0510. The quantitative estimate of drug-likeness (QED) is 0.643. The number of nitrogens with zero attached hydrogens (tertiary/aromatic N) is 3. The number of benzene rings is 1. The Morgan fingerprint density at radius 1 is 1.35 bits per heavy atom. The van der Waals surface area contributed by atoms with Crippen molar-refractivity contribution in [1.82, 2.24) is 14.2 Å². The maximum atomic E-state index is 13.9. The van der Waals surface area contributed by atoms with Gasteiger partial charge in [-0.15, -0.1) is 0 Å². The third-order valence-electron chi connectivity index (χ3n) is 5.74. The van der Waals surface area contributed by atoms with Gasteiger partial charge in [-0.1, -0.05) is 30.9 Å². The van der Waals surface area contributed by atoms with Crippen LogP contribution in [0.5, 0.6) is 5.88 Å². The normalized spacial score (nSPS) is 19.4. The number of hydrogen-bond donors (Lipinski definition) is 1. The van der Waals surface area contributed by atoms with Crippen molar-refractivity contribution in [1.29, 1.82) is 0 Å². The molecule has 0 unspecified atom stereocenters. The molecule has 1 aromatic carbocycles. The van der Waals surface area contributed by atoms with Crippen LogP contribution in [0.2, 0.25) is 0 Å². The zero-order chi connectivity index (χ0) is 25.0. The molecule has 2 heterocycles. The third kappa shape index (κ3) is 5.91. The number of rotatable bonds is 5. The van der Waals surface area contributed by atoms with Crippen molar-refractivity contribution in [2.45, 2.75) is 26.0 Å². The van der Waals surface area contributed by atoms with Gasteiger partial charge < -0.3 is 14.7 Å². The number of halogens is 1. The molecule has 0 bridgehead atoms. The van der Waals surface area contributed by atoms with E-state index in [9.17, 15) is 22.7 Å². The van der Waals surface area contributed by atoms with Crippen molar-refractivity contribution in [3.8, 4) is 17.7 Å². The van der Waals surface area contributed by atoms with E-state index in [4.69, 9.17) is 4.74 Å². The fourth-order valence-electron chi connectivity index (χ4n) is 3.48. The van der Waals surface area contributed by atoms with Crippen LogP contribution in [-0.4, -0.2) is 78.8 Å². The van der Waals surface area contributed by atoms with Gasteiger partial charge >= 0.3 is 0 Å². The molecule has 1 aliphatic rings. The number of aromatic nitrogens is 1. The predicted octanol–water partition coefficient (Wildman–Crippen LogP) is 1.73. The minimum atomic E-state index is -3.45. The van der Waals surface area contributed by atoms with Gasteiger partial charge in [0.05, 0.1) is 31.0 Å². The molecule has 0 radical (unpaired) electrons. The van der Waals surface area contributed by atoms with Crippen molar-refractivity contribution in [2.24, 2.45) is 5.92 Å². The van der Waals surface area contributed by atoms with Crippen LogP contribution in [0.15, 0.2) is 36.5 Å². The first-order chi connectivity index (χ1) is 16.0. The number of aliphatic hydroxyl groups excluding tert-OH is 1. The number of likely N-dealkylation sites (N-methyl/N-ethyl adjacent to an activating group) is 1. The van der Waals surface area contributed by atoms with Crippen LogP contribution >= 0.6 is 0 Å². The van der Waals surface area contributed by atoms with Gasteiger partial charge in [0, 0.05) is 31.3 Å². The maximum Gasteiger partial charge on any atom is 0.259 e. The lowest BCUT2D eigenvalue weighted by molar-refractivity contribution is 0.0373. The molecule has 0 aliphatic carbocycles. The second-order valence-electron chi connectivity index (χ2n) is 8.47. The Kier molecular flexibility index (Phi) is 7.92. The Balaban J connectivity index is 2.03. The lowest BCUT2D eigenvalue weighted by Crippen LogP contribution is -2.50. The van der Waals surface area contributed by atoms with Crippen LogP contribution in [0.25, 0.3) is 0 Å². The average molecular weight is 490 g/mol. The first kappa shape index (κ1) is 25.6. The molecule has 34 heavy (non-hydrogen) atoms. The SMILES string of the molecule is C[C@H]1CN([C@@H](C)CO)C(=O)c2cc(C#Cc3ccccc3F)cnc2O[C@H]1CN(C)S(C)(=O)=O. The largest absolute Gasteiger partial charge is 0.472 e. The molecule has 0 saturated carbocycles. The van der Waals surface area contributed by atoms with Gasteiger partial charge in [-0.05, 0) is 25.1 Å². The summed E-state index contributed by atoms with van der Waals surface area (Å²) in [6.07, 6.45) is 1.93. The van der Waals surface area contributed by atoms with E-state index in [0.29, 0.717) is 5.56 Å². The number of hydrogen-bond acceptors (Lipinski definition) is 6. The molecule has 1 N–H and O–H groups in total. The zero-order valence-electron chi connectivity index (χ0n) is 19.5. The summed E-state index contributed by atoms with van der Waals surface area (Å²) in [5.74, 6) is 4.52. The van der Waals surface area contributed by atoms with E-state index in [1.807, 2.05) is 6.92 Å². The Labute approximate surface area is 199 Å². The van der Waals surface area contributed by atoms with Gasteiger partial charge in [-0.3, -0.25) is 4.79 Å². The highest BCUT2D eigenvalue weighted by Crippen LogP contribution is 2.27. The second kappa shape index (κ2) is 10.5. The van der Waals surface area contributed by atoms with Gasteiger partial charge in [0.1, 0.15) is 17.5 Å². The lowest BCUT2D eigenvalue weighted by atomic mass is 10.0. The van der Waals surface area contributed by atoms with Crippen molar-refractivity contribution in [2.75, 3.05) is 33.0 Å². The third-order valence-corrected chi connectivity index (χ3v) is 7.02. The molecule has 0 spiro atoms. The molecule has 0 saturated heterocycles. The molecule has 1 amide bonds. The molecule has 182 valence electrons. The van der Waals surface area contributed by atoms with Crippen LogP contribution in [0.1, 0.15) is 35.3 Å². The summed E-state index contributed by atoms with van der Waals surface area (Å²) in [6, 6.07) is 7.13. The number of pyridine rings is 1. The van der Waals surface area contributed by atoms with E-state index in [1.165, 1.54) is 34.6 Å². The number of sulfonamides is 1. The summed E-state index contributed by atoms with van der Waals surface area (Å²) in [7, 11) is -1.99. The number of fused-ring (bicyclic) bond motifs is 1. The molecule has 0 fully saturated rings. The lowest BCUT2D eigenvalue weighted by Gasteiger charge is -2.37. The monoisotopic (exact) mass is 489 g/mol. The van der Waals surface area contributed by atoms with Crippen LogP contribution in [0.3, 0.4) is 0 Å². The van der Waals surface area contributed by atoms with E-state index in [2.05, 4.69) is 16.8 Å². The van der Waals surface area contributed by atoms with E-state index in [1.54, 1.807) is 25.1 Å². The Hall–Kier alpha value is -3.00. The van der Waals surface area contributed by atoms with E-state index >= 15 is 0 Å². The first-order valence-corrected chi connectivity index (χ1v) is 12.6. The minimum Gasteiger partial charge on any atom is -0.472 e. The highest BCUT2D eigenvalue weighted by molar-refractivity contribution is 7.88. The smallest absolute Gasteiger partial charge is 0.259 e. The highest BCUT2D eigenvalue weighted by Gasteiger charge is 2.35. The number of carbonyl (C=O) groups excluding carboxylic acids is 1. The summed E-state index contributed by atoms with van der Waals surface area (Å²) in [5.41, 5.74) is 0.735. The summed E-state index contributed by atoms with van der Waals surface area (Å²) in [4.78, 5) is 19.2. The van der Waals surface area contributed by atoms with E-state index in [0.717, 1.165) is 6.26 Å². The molecule has 1 aliphatic heterocycles. The Morgan fingerprint density at radius 3 is 2.71 bits per heavy atom. The Morgan fingerprint density at radius 2 is 2.06 bits per heavy atom. The van der Waals surface area contributed by atoms with Crippen molar-refractivity contribution >= 4 is 15.9 Å². The van der Waals surface area contributed by atoms with Gasteiger partial charge in [0.2, 0.25) is 15.9 Å². The molecule has 3 rings (SSSR count). The summed E-state index contributed by atoms with van der Waals surface area (Å²) < 4.78 is 45.0. The van der Waals surface area contributed by atoms with Crippen molar-refractivity contribution < 1.29 is 27.4 Å². The van der Waals surface area contributed by atoms with Gasteiger partial charge in [-0.2, -0.15) is 0 Å². The summed E-state index contributed by atoms with van der Waals surface area (Å²) in [5, 5.41) is 9.72. The number of amides is 1. The topological polar surface area (TPSA) is 100 Å². The van der Waals surface area contributed by atoms with Crippen LogP contribution < -0.4 is 4.74 Å². The van der Waals surface area contributed by atoms with Crippen LogP contribution in [-0.2, 0) is 10.0 Å². The van der Waals surface area contributed by atoms with Gasteiger partial charge in [0.25, 0.3) is 5.91 Å². The molecule has 1 aromatic heterocycles. The second-order valence-corrected chi connectivity index (χ2v) is 10.6. The summed E-state index contributed by atoms with van der Waals surface area (Å²) in [6.45, 7) is 3.63. The van der Waals surface area contributed by atoms with Crippen molar-refractivity contribution in [3.63, 3.8) is 0 Å². The predicted molar refractivity (Wildman–Crippen MR) is 125 cm³/mol. The molecular formula is C24H28FN3O5S. The highest BCUT2D eigenvalue weighted by atomic mass is 32.2. The van der Waals surface area contributed by atoms with Crippen LogP contribution in [0.4, 0.5) is 4.39 Å². The number of aliphatic hydroxyl groups is 1. The Bertz CT molecular complexity index is 1220. The van der Waals surface area contributed by atoms with E-state index < -0.39 is 28.0 Å². The first-order valence-electron chi connectivity index (χ1n) is 10.8. The maximum absolute atomic E-state index is 13.9. The molecule has 10 heteroatoms.